The number of carbonyl (C=O) groups is 2. The Morgan fingerprint density at radius 2 is 1.69 bits per heavy atom. The van der Waals surface area contributed by atoms with E-state index in [0.717, 1.165) is 11.3 Å². The van der Waals surface area contributed by atoms with Gasteiger partial charge < -0.3 is 28.7 Å². The van der Waals surface area contributed by atoms with Crippen LogP contribution in [0.25, 0.3) is 0 Å². The standard InChI is InChI=1S/C24H30N2O6/c1-6-32-19-9-7-16(8-10-19)14-25(2)24(28)17-11-22(27)26(15-17)18-12-20(29-3)23(31-5)21(13-18)30-4/h7-10,12-13,17H,6,11,14-15H2,1-5H3. The van der Waals surface area contributed by atoms with Gasteiger partial charge in [-0.2, -0.15) is 0 Å². The van der Waals surface area contributed by atoms with Gasteiger partial charge in [0.15, 0.2) is 11.5 Å². The van der Waals surface area contributed by atoms with Gasteiger partial charge in [-0.15, -0.1) is 0 Å². The molecule has 0 saturated carbocycles. The van der Waals surface area contributed by atoms with Crippen molar-refractivity contribution in [3.05, 3.63) is 42.0 Å². The molecule has 1 aliphatic rings. The van der Waals surface area contributed by atoms with Crippen molar-refractivity contribution >= 4 is 17.5 Å². The van der Waals surface area contributed by atoms with Gasteiger partial charge in [-0.05, 0) is 24.6 Å². The zero-order valence-corrected chi connectivity index (χ0v) is 19.2. The molecule has 8 nitrogen and oxygen atoms in total. The van der Waals surface area contributed by atoms with Gasteiger partial charge in [0, 0.05) is 38.7 Å². The van der Waals surface area contributed by atoms with E-state index in [0.29, 0.717) is 42.6 Å². The van der Waals surface area contributed by atoms with E-state index in [1.807, 2.05) is 31.2 Å². The third-order valence-corrected chi connectivity index (χ3v) is 5.47. The predicted molar refractivity (Wildman–Crippen MR) is 121 cm³/mol. The number of benzene rings is 2. The molecule has 0 radical (unpaired) electrons. The highest BCUT2D eigenvalue weighted by molar-refractivity contribution is 6.00. The molecule has 1 saturated heterocycles. The highest BCUT2D eigenvalue weighted by atomic mass is 16.5. The summed E-state index contributed by atoms with van der Waals surface area (Å²) < 4.78 is 21.6. The second-order valence-corrected chi connectivity index (χ2v) is 7.56. The van der Waals surface area contributed by atoms with E-state index in [2.05, 4.69) is 0 Å². The fourth-order valence-electron chi connectivity index (χ4n) is 3.87. The number of hydrogen-bond donors (Lipinski definition) is 0. The van der Waals surface area contributed by atoms with Crippen LogP contribution in [-0.4, -0.2) is 58.2 Å². The maximum absolute atomic E-state index is 13.0. The van der Waals surface area contributed by atoms with Crippen molar-refractivity contribution in [2.45, 2.75) is 19.9 Å². The summed E-state index contributed by atoms with van der Waals surface area (Å²) in [5.74, 6) is 1.55. The number of anilines is 1. The number of rotatable bonds is 9. The van der Waals surface area contributed by atoms with Gasteiger partial charge in [0.25, 0.3) is 0 Å². The quantitative estimate of drug-likeness (QED) is 0.594. The third kappa shape index (κ3) is 4.90. The lowest BCUT2D eigenvalue weighted by molar-refractivity contribution is -0.135. The SMILES string of the molecule is CCOc1ccc(CN(C)C(=O)C2CC(=O)N(c3cc(OC)c(OC)c(OC)c3)C2)cc1. The molecule has 0 aliphatic carbocycles. The zero-order chi connectivity index (χ0) is 23.3. The van der Waals surface area contributed by atoms with E-state index >= 15 is 0 Å². The van der Waals surface area contributed by atoms with Crippen molar-refractivity contribution in [2.24, 2.45) is 5.92 Å². The Morgan fingerprint density at radius 1 is 1.06 bits per heavy atom. The van der Waals surface area contributed by atoms with Crippen LogP contribution in [0.1, 0.15) is 18.9 Å². The first kappa shape index (κ1) is 23.2. The second kappa shape index (κ2) is 10.3. The molecule has 172 valence electrons. The van der Waals surface area contributed by atoms with E-state index in [4.69, 9.17) is 18.9 Å². The maximum atomic E-state index is 13.0. The number of ether oxygens (including phenoxy) is 4. The summed E-state index contributed by atoms with van der Waals surface area (Å²) in [5.41, 5.74) is 1.60. The van der Waals surface area contributed by atoms with E-state index in [9.17, 15) is 9.59 Å². The first-order valence-corrected chi connectivity index (χ1v) is 10.5. The maximum Gasteiger partial charge on any atom is 0.228 e. The van der Waals surface area contributed by atoms with Gasteiger partial charge in [-0.25, -0.2) is 0 Å². The average Bonchev–Trinajstić information content (AvgIpc) is 3.20. The van der Waals surface area contributed by atoms with Crippen LogP contribution in [0.15, 0.2) is 36.4 Å². The van der Waals surface area contributed by atoms with Crippen molar-refractivity contribution in [3.8, 4) is 23.0 Å². The Kier molecular flexibility index (Phi) is 7.45. The van der Waals surface area contributed by atoms with E-state index in [-0.39, 0.29) is 18.2 Å². The lowest BCUT2D eigenvalue weighted by Crippen LogP contribution is -2.34. The smallest absolute Gasteiger partial charge is 0.228 e. The fraction of sp³-hybridized carbons (Fsp3) is 0.417. The Morgan fingerprint density at radius 3 is 2.22 bits per heavy atom. The number of amides is 2. The minimum Gasteiger partial charge on any atom is -0.494 e. The first-order chi connectivity index (χ1) is 15.4. The van der Waals surface area contributed by atoms with Crippen molar-refractivity contribution in [1.82, 2.24) is 4.90 Å². The van der Waals surface area contributed by atoms with Crippen LogP contribution in [0.3, 0.4) is 0 Å². The summed E-state index contributed by atoms with van der Waals surface area (Å²) >= 11 is 0. The normalized spacial score (nSPS) is 15.5. The van der Waals surface area contributed by atoms with E-state index in [1.54, 1.807) is 29.0 Å². The number of methoxy groups -OCH3 is 3. The molecule has 2 aromatic carbocycles. The topological polar surface area (TPSA) is 77.5 Å². The minimum atomic E-state index is -0.422. The van der Waals surface area contributed by atoms with Gasteiger partial charge in [0.05, 0.1) is 39.5 Å². The largest absolute Gasteiger partial charge is 0.494 e. The van der Waals surface area contributed by atoms with Crippen molar-refractivity contribution in [1.29, 1.82) is 0 Å². The van der Waals surface area contributed by atoms with Crippen LogP contribution in [0.2, 0.25) is 0 Å². The monoisotopic (exact) mass is 442 g/mol. The highest BCUT2D eigenvalue weighted by Gasteiger charge is 2.37. The van der Waals surface area contributed by atoms with Crippen LogP contribution >= 0.6 is 0 Å². The predicted octanol–water partition coefficient (Wildman–Crippen LogP) is 3.12. The molecule has 1 aliphatic heterocycles. The van der Waals surface area contributed by atoms with Crippen molar-refractivity contribution < 1.29 is 28.5 Å². The molecule has 3 rings (SSSR count). The molecule has 1 atom stereocenters. The molecular weight excluding hydrogens is 412 g/mol. The van der Waals surface area contributed by atoms with E-state index in [1.165, 1.54) is 21.3 Å². The number of nitrogens with zero attached hydrogens (tertiary/aromatic N) is 2. The van der Waals surface area contributed by atoms with Gasteiger partial charge >= 0.3 is 0 Å². The molecular formula is C24H30N2O6. The number of hydrogen-bond acceptors (Lipinski definition) is 6. The zero-order valence-electron chi connectivity index (χ0n) is 19.2. The van der Waals surface area contributed by atoms with Crippen molar-refractivity contribution in [2.75, 3.05) is 46.4 Å². The summed E-state index contributed by atoms with van der Waals surface area (Å²) in [6.45, 7) is 3.30. The Labute approximate surface area is 188 Å². The van der Waals surface area contributed by atoms with Crippen LogP contribution in [0.4, 0.5) is 5.69 Å². The molecule has 1 heterocycles. The second-order valence-electron chi connectivity index (χ2n) is 7.56. The number of carbonyl (C=O) groups excluding carboxylic acids is 2. The van der Waals surface area contributed by atoms with Crippen molar-refractivity contribution in [3.63, 3.8) is 0 Å². The molecule has 0 bridgehead atoms. The van der Waals surface area contributed by atoms with Gasteiger partial charge in [0.1, 0.15) is 5.75 Å². The lowest BCUT2D eigenvalue weighted by Gasteiger charge is -2.22. The molecule has 2 amide bonds. The molecule has 0 spiro atoms. The minimum absolute atomic E-state index is 0.0674. The molecule has 2 aromatic rings. The summed E-state index contributed by atoms with van der Waals surface area (Å²) in [6, 6.07) is 11.1. The van der Waals surface area contributed by atoms with Gasteiger partial charge in [-0.1, -0.05) is 12.1 Å². The summed E-state index contributed by atoms with van der Waals surface area (Å²) in [7, 11) is 6.32. The molecule has 0 aromatic heterocycles. The van der Waals surface area contributed by atoms with Crippen LogP contribution < -0.4 is 23.8 Å². The average molecular weight is 443 g/mol. The Bertz CT molecular complexity index is 934. The fourth-order valence-corrected chi connectivity index (χ4v) is 3.87. The van der Waals surface area contributed by atoms with E-state index < -0.39 is 5.92 Å². The molecule has 8 heteroatoms. The first-order valence-electron chi connectivity index (χ1n) is 10.5. The highest BCUT2D eigenvalue weighted by Crippen LogP contribution is 2.42. The van der Waals surface area contributed by atoms with Gasteiger partial charge in [-0.3, -0.25) is 9.59 Å². The molecule has 1 fully saturated rings. The van der Waals surface area contributed by atoms with Crippen LogP contribution in [-0.2, 0) is 16.1 Å². The molecule has 0 N–H and O–H groups in total. The Hall–Kier alpha value is -3.42. The summed E-state index contributed by atoms with van der Waals surface area (Å²) in [6.07, 6.45) is 0.156. The summed E-state index contributed by atoms with van der Waals surface area (Å²) in [4.78, 5) is 29.0. The van der Waals surface area contributed by atoms with Crippen LogP contribution in [0.5, 0.6) is 23.0 Å². The molecule has 32 heavy (non-hydrogen) atoms. The Balaban J connectivity index is 1.71. The van der Waals surface area contributed by atoms with Crippen LogP contribution in [0, 0.1) is 5.92 Å². The molecule has 1 unspecified atom stereocenters. The van der Waals surface area contributed by atoms with Gasteiger partial charge in [0.2, 0.25) is 17.6 Å². The summed E-state index contributed by atoms with van der Waals surface area (Å²) in [5, 5.41) is 0. The lowest BCUT2D eigenvalue weighted by atomic mass is 10.1. The third-order valence-electron chi connectivity index (χ3n) is 5.47.